The minimum absolute atomic E-state index is 0.000200. The number of nitrogens with zero attached hydrogens (tertiary/aromatic N) is 2. The summed E-state index contributed by atoms with van der Waals surface area (Å²) in [4.78, 5) is 8.58. The molecule has 2 aromatic carbocycles. The van der Waals surface area contributed by atoms with Gasteiger partial charge in [-0.1, -0.05) is 56.2 Å². The molecule has 0 fully saturated rings. The first-order valence-corrected chi connectivity index (χ1v) is 11.9. The molecule has 0 spiro atoms. The van der Waals surface area contributed by atoms with Crippen molar-refractivity contribution in [2.24, 2.45) is 0 Å². The first-order chi connectivity index (χ1) is 16.5. The monoisotopic (exact) mass is 466 g/mol. The summed E-state index contributed by atoms with van der Waals surface area (Å²) in [6.07, 6.45) is 14.2. The van der Waals surface area contributed by atoms with Crippen molar-refractivity contribution in [3.63, 3.8) is 0 Å². The molecule has 34 heavy (non-hydrogen) atoms. The van der Waals surface area contributed by atoms with Crippen molar-refractivity contribution in [2.75, 3.05) is 6.61 Å². The SMILES string of the molecule is CCCCCOC(C)CCCC=Cc1ccc(-c2ncc(-c3ccc(O)c(F)c3F)cn2)cc1. The molecule has 6 heteroatoms. The molecule has 0 aliphatic rings. The van der Waals surface area contributed by atoms with Gasteiger partial charge in [0.15, 0.2) is 17.4 Å². The second-order valence-electron chi connectivity index (χ2n) is 8.40. The fourth-order valence-electron chi connectivity index (χ4n) is 3.58. The molecule has 0 aliphatic heterocycles. The van der Waals surface area contributed by atoms with Crippen molar-refractivity contribution in [2.45, 2.75) is 58.5 Å². The van der Waals surface area contributed by atoms with Crippen LogP contribution in [0.4, 0.5) is 8.78 Å². The third kappa shape index (κ3) is 7.19. The molecule has 3 aromatic rings. The number of phenolic OH excluding ortho intramolecular Hbond substituents is 1. The fraction of sp³-hybridized carbons (Fsp3) is 0.357. The summed E-state index contributed by atoms with van der Waals surface area (Å²) in [5.41, 5.74) is 2.25. The maximum absolute atomic E-state index is 14.1. The zero-order valence-corrected chi connectivity index (χ0v) is 19.8. The predicted molar refractivity (Wildman–Crippen MR) is 132 cm³/mol. The number of allylic oxidation sites excluding steroid dienone is 1. The molecule has 0 bridgehead atoms. The highest BCUT2D eigenvalue weighted by Gasteiger charge is 2.15. The van der Waals surface area contributed by atoms with E-state index < -0.39 is 17.4 Å². The summed E-state index contributed by atoms with van der Waals surface area (Å²) >= 11 is 0. The Morgan fingerprint density at radius 2 is 1.68 bits per heavy atom. The number of unbranched alkanes of at least 4 members (excludes halogenated alkanes) is 3. The number of aromatic nitrogens is 2. The minimum Gasteiger partial charge on any atom is -0.505 e. The number of rotatable bonds is 12. The molecule has 3 rings (SSSR count). The lowest BCUT2D eigenvalue weighted by Gasteiger charge is -2.11. The molecule has 1 unspecified atom stereocenters. The van der Waals surface area contributed by atoms with Crippen molar-refractivity contribution in [3.8, 4) is 28.3 Å². The Bertz CT molecular complexity index is 1070. The van der Waals surface area contributed by atoms with E-state index in [2.05, 4.69) is 36.0 Å². The van der Waals surface area contributed by atoms with E-state index in [0.29, 0.717) is 17.5 Å². The summed E-state index contributed by atoms with van der Waals surface area (Å²) in [5, 5.41) is 9.28. The smallest absolute Gasteiger partial charge is 0.200 e. The zero-order chi connectivity index (χ0) is 24.3. The van der Waals surface area contributed by atoms with E-state index in [1.54, 1.807) is 0 Å². The van der Waals surface area contributed by atoms with E-state index in [-0.39, 0.29) is 5.56 Å². The van der Waals surface area contributed by atoms with Crippen molar-refractivity contribution in [3.05, 3.63) is 72.1 Å². The van der Waals surface area contributed by atoms with Crippen LogP contribution in [0.25, 0.3) is 28.6 Å². The van der Waals surface area contributed by atoms with Crippen LogP contribution in [-0.2, 0) is 4.74 Å². The lowest BCUT2D eigenvalue weighted by Crippen LogP contribution is -2.08. The number of phenols is 1. The van der Waals surface area contributed by atoms with Crippen LogP contribution in [0.5, 0.6) is 5.75 Å². The van der Waals surface area contributed by atoms with Gasteiger partial charge >= 0.3 is 0 Å². The second kappa shape index (κ2) is 12.9. The summed E-state index contributed by atoms with van der Waals surface area (Å²) in [5.74, 6) is -2.64. The van der Waals surface area contributed by atoms with Gasteiger partial charge in [-0.3, -0.25) is 0 Å². The Hall–Kier alpha value is -3.12. The number of benzene rings is 2. The molecule has 0 aliphatic carbocycles. The van der Waals surface area contributed by atoms with Crippen LogP contribution in [0, 0.1) is 11.6 Å². The predicted octanol–water partition coefficient (Wildman–Crippen LogP) is 7.57. The highest BCUT2D eigenvalue weighted by Crippen LogP contribution is 2.29. The van der Waals surface area contributed by atoms with Gasteiger partial charge in [0.2, 0.25) is 5.82 Å². The summed E-state index contributed by atoms with van der Waals surface area (Å²) in [6, 6.07) is 10.3. The molecule has 0 saturated carbocycles. The minimum atomic E-state index is -1.28. The quantitative estimate of drug-likeness (QED) is 0.280. The number of ether oxygens (including phenoxy) is 1. The van der Waals surface area contributed by atoms with Gasteiger partial charge in [-0.2, -0.15) is 4.39 Å². The molecular weight excluding hydrogens is 434 g/mol. The average Bonchev–Trinajstić information content (AvgIpc) is 2.86. The Morgan fingerprint density at radius 3 is 2.38 bits per heavy atom. The van der Waals surface area contributed by atoms with E-state index in [0.717, 1.165) is 49.5 Å². The molecule has 0 radical (unpaired) electrons. The summed E-state index contributed by atoms with van der Waals surface area (Å²) in [6.45, 7) is 5.19. The first kappa shape index (κ1) is 25.5. The highest BCUT2D eigenvalue weighted by molar-refractivity contribution is 5.66. The van der Waals surface area contributed by atoms with Crippen molar-refractivity contribution < 1.29 is 18.6 Å². The van der Waals surface area contributed by atoms with Crippen LogP contribution in [0.15, 0.2) is 54.9 Å². The molecule has 180 valence electrons. The van der Waals surface area contributed by atoms with Crippen molar-refractivity contribution >= 4 is 6.08 Å². The third-order valence-corrected chi connectivity index (χ3v) is 5.64. The average molecular weight is 467 g/mol. The Labute approximate surface area is 200 Å². The normalized spacial score (nSPS) is 12.4. The van der Waals surface area contributed by atoms with Gasteiger partial charge < -0.3 is 9.84 Å². The van der Waals surface area contributed by atoms with Crippen LogP contribution in [-0.4, -0.2) is 27.8 Å². The number of aromatic hydroxyl groups is 1. The molecule has 1 atom stereocenters. The largest absolute Gasteiger partial charge is 0.505 e. The number of hydrogen-bond acceptors (Lipinski definition) is 4. The van der Waals surface area contributed by atoms with Crippen LogP contribution in [0.1, 0.15) is 57.9 Å². The van der Waals surface area contributed by atoms with Gasteiger partial charge in [0.25, 0.3) is 0 Å². The van der Waals surface area contributed by atoms with Crippen molar-refractivity contribution in [1.82, 2.24) is 9.97 Å². The van der Waals surface area contributed by atoms with Gasteiger partial charge in [-0.05, 0) is 50.3 Å². The maximum atomic E-state index is 14.1. The lowest BCUT2D eigenvalue weighted by atomic mass is 10.1. The maximum Gasteiger partial charge on any atom is 0.200 e. The lowest BCUT2D eigenvalue weighted by molar-refractivity contribution is 0.0566. The molecule has 4 nitrogen and oxygen atoms in total. The van der Waals surface area contributed by atoms with E-state index in [1.165, 1.54) is 31.3 Å². The van der Waals surface area contributed by atoms with Gasteiger partial charge in [0.1, 0.15) is 0 Å². The number of hydrogen-bond donors (Lipinski definition) is 1. The van der Waals surface area contributed by atoms with Crippen LogP contribution in [0.2, 0.25) is 0 Å². The Kier molecular flexibility index (Phi) is 9.71. The fourth-order valence-corrected chi connectivity index (χ4v) is 3.58. The molecule has 1 N–H and O–H groups in total. The van der Waals surface area contributed by atoms with E-state index >= 15 is 0 Å². The zero-order valence-electron chi connectivity index (χ0n) is 19.8. The van der Waals surface area contributed by atoms with E-state index in [4.69, 9.17) is 4.74 Å². The van der Waals surface area contributed by atoms with Gasteiger partial charge in [-0.25, -0.2) is 14.4 Å². The third-order valence-electron chi connectivity index (χ3n) is 5.64. The van der Waals surface area contributed by atoms with Gasteiger partial charge in [0.05, 0.1) is 6.10 Å². The van der Waals surface area contributed by atoms with E-state index in [1.807, 2.05) is 24.3 Å². The highest BCUT2D eigenvalue weighted by atomic mass is 19.2. The molecular formula is C28H32F2N2O2. The van der Waals surface area contributed by atoms with E-state index in [9.17, 15) is 13.9 Å². The van der Waals surface area contributed by atoms with Crippen LogP contribution >= 0.6 is 0 Å². The number of halogens is 2. The molecule has 0 amide bonds. The Morgan fingerprint density at radius 1 is 0.941 bits per heavy atom. The van der Waals surface area contributed by atoms with Crippen LogP contribution in [0.3, 0.4) is 0 Å². The molecule has 1 aromatic heterocycles. The van der Waals surface area contributed by atoms with Crippen LogP contribution < -0.4 is 0 Å². The summed E-state index contributed by atoms with van der Waals surface area (Å²) in [7, 11) is 0. The second-order valence-corrected chi connectivity index (χ2v) is 8.40. The standard InChI is InChI=1S/C28H32F2N2O2/c1-3-4-8-17-34-20(2)9-6-5-7-10-21-11-13-22(14-12-21)28-31-18-23(19-32-28)24-15-16-25(33)27(30)26(24)29/h7,10-16,18-20,33H,3-6,8-9,17H2,1-2H3. The summed E-state index contributed by atoms with van der Waals surface area (Å²) < 4.78 is 33.5. The van der Waals surface area contributed by atoms with Crippen molar-refractivity contribution in [1.29, 1.82) is 0 Å². The van der Waals surface area contributed by atoms with Gasteiger partial charge in [0, 0.05) is 35.7 Å². The Balaban J connectivity index is 1.50. The molecule has 1 heterocycles. The molecule has 0 saturated heterocycles. The topological polar surface area (TPSA) is 55.2 Å². The first-order valence-electron chi connectivity index (χ1n) is 11.9. The van der Waals surface area contributed by atoms with Gasteiger partial charge in [-0.15, -0.1) is 0 Å².